The molecule has 1 N–H and O–H groups in total. The summed E-state index contributed by atoms with van der Waals surface area (Å²) in [5.41, 5.74) is 2.13. The minimum absolute atomic E-state index is 0.124. The molecule has 0 radical (unpaired) electrons. The van der Waals surface area contributed by atoms with Crippen molar-refractivity contribution in [1.82, 2.24) is 15.3 Å². The van der Waals surface area contributed by atoms with Crippen molar-refractivity contribution in [2.75, 3.05) is 29.5 Å². The van der Waals surface area contributed by atoms with Gasteiger partial charge in [0.05, 0.1) is 40.0 Å². The van der Waals surface area contributed by atoms with Crippen LogP contribution in [0.4, 0.5) is 10.1 Å². The second-order valence-corrected chi connectivity index (χ2v) is 16.2. The molecule has 2 atom stereocenters. The quantitative estimate of drug-likeness (QED) is 0.352. The number of hydrogen-bond donors (Lipinski definition) is 1. The van der Waals surface area contributed by atoms with Crippen molar-refractivity contribution in [3.63, 3.8) is 0 Å². The van der Waals surface area contributed by atoms with Gasteiger partial charge in [0, 0.05) is 30.6 Å². The summed E-state index contributed by atoms with van der Waals surface area (Å²) in [6.07, 6.45) is 3.54. The van der Waals surface area contributed by atoms with Gasteiger partial charge < -0.3 is 10.2 Å². The first-order valence-corrected chi connectivity index (χ1v) is 17.2. The maximum absolute atomic E-state index is 13.7. The lowest BCUT2D eigenvalue weighted by Crippen LogP contribution is -2.44. The van der Waals surface area contributed by atoms with Gasteiger partial charge >= 0.3 is 0 Å². The SMILES string of the molecule is N#CC1(NC(=O)[C@@H]2CCC(Cl)(Cl)C[C@H]2c2nc(-c3ccc(F)cn3)sc2-c2ccc(N3CCS(=O)(=O)CC3)cc2)CC1. The summed E-state index contributed by atoms with van der Waals surface area (Å²) in [6, 6.07) is 12.9. The number of benzene rings is 1. The van der Waals surface area contributed by atoms with Crippen molar-refractivity contribution in [1.29, 1.82) is 5.26 Å². The number of hydrogen-bond acceptors (Lipinski definition) is 8. The number of thiazole rings is 1. The molecule has 0 unspecified atom stereocenters. The van der Waals surface area contributed by atoms with E-state index in [-0.39, 0.29) is 17.4 Å². The summed E-state index contributed by atoms with van der Waals surface area (Å²) in [5, 5.41) is 13.1. The highest BCUT2D eigenvalue weighted by atomic mass is 35.5. The number of nitriles is 1. The van der Waals surface area contributed by atoms with E-state index in [9.17, 15) is 22.9 Å². The number of halogens is 3. The molecule has 2 aliphatic carbocycles. The zero-order valence-electron chi connectivity index (χ0n) is 22.5. The van der Waals surface area contributed by atoms with Crippen LogP contribution >= 0.6 is 34.5 Å². The molecule has 0 spiro atoms. The molecule has 6 rings (SSSR count). The molecule has 1 amide bonds. The van der Waals surface area contributed by atoms with Crippen molar-refractivity contribution in [3.05, 3.63) is 54.1 Å². The fraction of sp³-hybridized carbons (Fsp3) is 0.448. The molecule has 3 aliphatic rings. The first kappa shape index (κ1) is 29.3. The summed E-state index contributed by atoms with van der Waals surface area (Å²) in [7, 11) is -3.00. The maximum atomic E-state index is 13.7. The molecule has 13 heteroatoms. The fourth-order valence-electron chi connectivity index (χ4n) is 5.65. The number of nitrogens with one attached hydrogen (secondary N) is 1. The Bertz CT molecular complexity index is 1640. The maximum Gasteiger partial charge on any atom is 0.225 e. The summed E-state index contributed by atoms with van der Waals surface area (Å²) >= 11 is 14.8. The molecular weight excluding hydrogens is 620 g/mol. The Morgan fingerprint density at radius 3 is 2.45 bits per heavy atom. The molecule has 2 aromatic heterocycles. The Labute approximate surface area is 257 Å². The Morgan fingerprint density at radius 2 is 1.83 bits per heavy atom. The number of nitrogens with zero attached hydrogens (tertiary/aromatic N) is 4. The van der Waals surface area contributed by atoms with Gasteiger partial charge in [0.25, 0.3) is 0 Å². The average molecular weight is 649 g/mol. The molecule has 0 bridgehead atoms. The number of carbonyl (C=O) groups excluding carboxylic acids is 1. The van der Waals surface area contributed by atoms with E-state index in [1.807, 2.05) is 29.2 Å². The third kappa shape index (κ3) is 6.13. The van der Waals surface area contributed by atoms with E-state index in [0.717, 1.165) is 22.3 Å². The minimum atomic E-state index is -3.00. The van der Waals surface area contributed by atoms with Crippen LogP contribution in [0.15, 0.2) is 42.6 Å². The van der Waals surface area contributed by atoms with Crippen molar-refractivity contribution in [2.45, 2.75) is 47.9 Å². The number of amides is 1. The molecule has 1 aliphatic heterocycles. The van der Waals surface area contributed by atoms with E-state index < -0.39 is 37.4 Å². The summed E-state index contributed by atoms with van der Waals surface area (Å²) in [5.74, 6) is -1.35. The molecular formula is C29H28Cl2FN5O3S2. The molecule has 1 aromatic carbocycles. The molecule has 3 fully saturated rings. The Kier molecular flexibility index (Phi) is 7.71. The van der Waals surface area contributed by atoms with Crippen LogP contribution in [0.1, 0.15) is 43.7 Å². The summed E-state index contributed by atoms with van der Waals surface area (Å²) in [4.78, 5) is 25.6. The van der Waals surface area contributed by atoms with Crippen LogP contribution in [-0.2, 0) is 14.6 Å². The predicted octanol–water partition coefficient (Wildman–Crippen LogP) is 5.48. The highest BCUT2D eigenvalue weighted by Gasteiger charge is 2.49. The van der Waals surface area contributed by atoms with Crippen LogP contribution < -0.4 is 10.2 Å². The number of alkyl halides is 2. The minimum Gasteiger partial charge on any atom is -0.369 e. The topological polar surface area (TPSA) is 116 Å². The van der Waals surface area contributed by atoms with Gasteiger partial charge in [-0.15, -0.1) is 34.5 Å². The van der Waals surface area contributed by atoms with Crippen LogP contribution in [-0.4, -0.2) is 58.8 Å². The lowest BCUT2D eigenvalue weighted by molar-refractivity contribution is -0.127. The van der Waals surface area contributed by atoms with E-state index in [1.165, 1.54) is 17.4 Å². The van der Waals surface area contributed by atoms with Crippen molar-refractivity contribution in [3.8, 4) is 27.2 Å². The summed E-state index contributed by atoms with van der Waals surface area (Å²) < 4.78 is 36.4. The van der Waals surface area contributed by atoms with Crippen LogP contribution in [0.2, 0.25) is 0 Å². The standard InChI is InChI=1S/C29H28Cl2FN5O3S2/c30-29(31)8-7-21(26(38)36-28(17-33)9-10-28)22(15-29)24-25(41-27(35-24)23-6-3-19(32)16-34-23)18-1-4-20(5-2-18)37-11-13-42(39,40)14-12-37/h1-6,16,21-22H,7-15H2,(H,36,38)/t21-,22-/m1/s1. The Hall–Kier alpha value is -2.78. The van der Waals surface area contributed by atoms with E-state index in [2.05, 4.69) is 16.4 Å². The van der Waals surface area contributed by atoms with Crippen molar-refractivity contribution < 1.29 is 17.6 Å². The largest absolute Gasteiger partial charge is 0.369 e. The number of sulfone groups is 1. The second-order valence-electron chi connectivity index (χ2n) is 11.3. The summed E-state index contributed by atoms with van der Waals surface area (Å²) in [6.45, 7) is 0.870. The van der Waals surface area contributed by atoms with Crippen molar-refractivity contribution in [2.24, 2.45) is 5.92 Å². The lowest BCUT2D eigenvalue weighted by Gasteiger charge is -2.37. The Morgan fingerprint density at radius 1 is 1.12 bits per heavy atom. The normalized spacial score (nSPS) is 24.0. The van der Waals surface area contributed by atoms with E-state index in [1.54, 1.807) is 6.07 Å². The number of anilines is 1. The Balaban J connectivity index is 1.38. The van der Waals surface area contributed by atoms with Crippen LogP contribution in [0.3, 0.4) is 0 Å². The molecule has 3 heterocycles. The molecule has 220 valence electrons. The van der Waals surface area contributed by atoms with Gasteiger partial charge in [-0.2, -0.15) is 5.26 Å². The molecule has 8 nitrogen and oxygen atoms in total. The van der Waals surface area contributed by atoms with Gasteiger partial charge in [-0.3, -0.25) is 9.78 Å². The highest BCUT2D eigenvalue weighted by molar-refractivity contribution is 7.91. The van der Waals surface area contributed by atoms with Gasteiger partial charge in [-0.05, 0) is 61.9 Å². The third-order valence-corrected chi connectivity index (χ3v) is 11.7. The van der Waals surface area contributed by atoms with Gasteiger partial charge in [-0.25, -0.2) is 17.8 Å². The lowest BCUT2D eigenvalue weighted by atomic mass is 9.75. The molecule has 3 aromatic rings. The van der Waals surface area contributed by atoms with E-state index >= 15 is 0 Å². The third-order valence-electron chi connectivity index (χ3n) is 8.28. The zero-order chi connectivity index (χ0) is 29.7. The smallest absolute Gasteiger partial charge is 0.225 e. The average Bonchev–Trinajstić information content (AvgIpc) is 3.59. The first-order valence-electron chi connectivity index (χ1n) is 13.8. The molecule has 2 saturated carbocycles. The first-order chi connectivity index (χ1) is 20.0. The molecule has 1 saturated heterocycles. The number of pyridine rings is 1. The number of rotatable bonds is 6. The highest BCUT2D eigenvalue weighted by Crippen LogP contribution is 2.51. The van der Waals surface area contributed by atoms with Gasteiger partial charge in [0.1, 0.15) is 20.7 Å². The predicted molar refractivity (Wildman–Crippen MR) is 162 cm³/mol. The van der Waals surface area contributed by atoms with Crippen LogP contribution in [0, 0.1) is 23.1 Å². The van der Waals surface area contributed by atoms with E-state index in [0.29, 0.717) is 61.6 Å². The number of aromatic nitrogens is 2. The zero-order valence-corrected chi connectivity index (χ0v) is 25.7. The van der Waals surface area contributed by atoms with Gasteiger partial charge in [-0.1, -0.05) is 12.1 Å². The molecule has 42 heavy (non-hydrogen) atoms. The van der Waals surface area contributed by atoms with Gasteiger partial charge in [0.15, 0.2) is 9.84 Å². The van der Waals surface area contributed by atoms with Crippen LogP contribution in [0.25, 0.3) is 21.1 Å². The monoisotopic (exact) mass is 647 g/mol. The van der Waals surface area contributed by atoms with Gasteiger partial charge in [0.2, 0.25) is 5.91 Å². The van der Waals surface area contributed by atoms with Crippen LogP contribution in [0.5, 0.6) is 0 Å². The fourth-order valence-corrected chi connectivity index (χ4v) is 8.52. The second kappa shape index (κ2) is 11.1. The van der Waals surface area contributed by atoms with Crippen molar-refractivity contribution >= 4 is 56.0 Å². The van der Waals surface area contributed by atoms with E-state index in [4.69, 9.17) is 28.2 Å². The number of carbonyl (C=O) groups is 1.